The Kier molecular flexibility index (Phi) is 4.92. The number of nitrogens with one attached hydrogen (secondary N) is 1. The number of amides is 1. The van der Waals surface area contributed by atoms with Crippen LogP contribution in [0.1, 0.15) is 27.2 Å². The van der Waals surface area contributed by atoms with Gasteiger partial charge in [0.1, 0.15) is 0 Å². The third-order valence-corrected chi connectivity index (χ3v) is 4.17. The number of hydrogen-bond acceptors (Lipinski definition) is 3. The van der Waals surface area contributed by atoms with Crippen molar-refractivity contribution in [2.45, 2.75) is 38.5 Å². The highest BCUT2D eigenvalue weighted by atomic mass is 32.2. The van der Waals surface area contributed by atoms with Crippen molar-refractivity contribution in [3.8, 4) is 0 Å². The molecule has 1 N–H and O–H groups in total. The first-order valence-corrected chi connectivity index (χ1v) is 7.38. The molecule has 4 nitrogen and oxygen atoms in total. The first-order chi connectivity index (χ1) is 7.41. The Labute approximate surface area is 100 Å². The van der Waals surface area contributed by atoms with E-state index in [1.165, 1.54) is 0 Å². The molecule has 1 amide bonds. The van der Waals surface area contributed by atoms with E-state index in [0.717, 1.165) is 6.42 Å². The molecule has 3 atom stereocenters. The van der Waals surface area contributed by atoms with Crippen LogP contribution in [0.3, 0.4) is 0 Å². The molecule has 0 aliphatic carbocycles. The fourth-order valence-electron chi connectivity index (χ4n) is 1.83. The van der Waals surface area contributed by atoms with Crippen molar-refractivity contribution < 1.29 is 9.00 Å². The van der Waals surface area contributed by atoms with Crippen LogP contribution in [0.4, 0.5) is 0 Å². The van der Waals surface area contributed by atoms with Gasteiger partial charge in [-0.1, -0.05) is 13.8 Å². The maximum Gasteiger partial charge on any atom is 0.240 e. The summed E-state index contributed by atoms with van der Waals surface area (Å²) in [7, 11) is -0.865. The number of hydrogen-bond donors (Lipinski definition) is 1. The lowest BCUT2D eigenvalue weighted by molar-refractivity contribution is -0.129. The lowest BCUT2D eigenvalue weighted by atomic mass is 10.0. The summed E-state index contributed by atoms with van der Waals surface area (Å²) in [5, 5.41) is 3.25. The average Bonchev–Trinajstić information content (AvgIpc) is 2.49. The molecule has 0 radical (unpaired) electrons. The summed E-state index contributed by atoms with van der Waals surface area (Å²) < 4.78 is 11.3. The third-order valence-electron chi connectivity index (χ3n) is 2.89. The van der Waals surface area contributed by atoms with Gasteiger partial charge >= 0.3 is 0 Å². The van der Waals surface area contributed by atoms with Crippen LogP contribution >= 0.6 is 0 Å². The van der Waals surface area contributed by atoms with Crippen LogP contribution in [0.25, 0.3) is 0 Å². The van der Waals surface area contributed by atoms with E-state index in [4.69, 9.17) is 0 Å². The van der Waals surface area contributed by atoms with Gasteiger partial charge in [-0.3, -0.25) is 14.3 Å². The molecule has 0 aromatic heterocycles. The standard InChI is InChI=1S/C11H22N2O2S/c1-8(2)5-10-11(14)13(7-12-10)6-9(3)16(4)15/h8-10,12H,5-7H2,1-4H3. The number of nitrogens with zero attached hydrogens (tertiary/aromatic N) is 1. The molecule has 1 aliphatic heterocycles. The molecular formula is C11H22N2O2S. The van der Waals surface area contributed by atoms with Crippen molar-refractivity contribution >= 4 is 16.7 Å². The normalized spacial score (nSPS) is 25.2. The van der Waals surface area contributed by atoms with Gasteiger partial charge in [0.2, 0.25) is 5.91 Å². The minimum absolute atomic E-state index is 0.0440. The average molecular weight is 246 g/mol. The van der Waals surface area contributed by atoms with Crippen molar-refractivity contribution in [1.82, 2.24) is 10.2 Å². The number of rotatable bonds is 5. The molecule has 0 spiro atoms. The topological polar surface area (TPSA) is 49.4 Å². The third kappa shape index (κ3) is 3.56. The maximum atomic E-state index is 12.0. The van der Waals surface area contributed by atoms with Gasteiger partial charge in [-0.2, -0.15) is 0 Å². The molecule has 1 heterocycles. The second kappa shape index (κ2) is 5.77. The van der Waals surface area contributed by atoms with Crippen LogP contribution < -0.4 is 5.32 Å². The highest BCUT2D eigenvalue weighted by Crippen LogP contribution is 2.13. The molecule has 1 fully saturated rings. The van der Waals surface area contributed by atoms with Gasteiger partial charge in [0, 0.05) is 28.9 Å². The first-order valence-electron chi connectivity index (χ1n) is 5.76. The monoisotopic (exact) mass is 246 g/mol. The first kappa shape index (κ1) is 13.6. The summed E-state index contributed by atoms with van der Waals surface area (Å²) in [5.74, 6) is 0.671. The van der Waals surface area contributed by atoms with Crippen molar-refractivity contribution in [2.24, 2.45) is 5.92 Å². The minimum Gasteiger partial charge on any atom is -0.327 e. The summed E-state index contributed by atoms with van der Waals surface area (Å²) in [5.41, 5.74) is 0. The zero-order valence-electron chi connectivity index (χ0n) is 10.5. The fraction of sp³-hybridized carbons (Fsp3) is 0.909. The van der Waals surface area contributed by atoms with Gasteiger partial charge in [-0.05, 0) is 19.3 Å². The van der Waals surface area contributed by atoms with E-state index in [0.29, 0.717) is 19.1 Å². The molecule has 16 heavy (non-hydrogen) atoms. The van der Waals surface area contributed by atoms with E-state index in [-0.39, 0.29) is 17.2 Å². The molecule has 1 aliphatic rings. The molecular weight excluding hydrogens is 224 g/mol. The maximum absolute atomic E-state index is 12.0. The lowest BCUT2D eigenvalue weighted by Gasteiger charge is -2.19. The summed E-state index contributed by atoms with van der Waals surface area (Å²) in [6.07, 6.45) is 2.56. The Morgan fingerprint density at radius 3 is 2.62 bits per heavy atom. The van der Waals surface area contributed by atoms with Crippen LogP contribution in [-0.2, 0) is 15.6 Å². The highest BCUT2D eigenvalue weighted by molar-refractivity contribution is 7.84. The van der Waals surface area contributed by atoms with Crippen molar-refractivity contribution in [2.75, 3.05) is 19.5 Å². The van der Waals surface area contributed by atoms with Crippen LogP contribution in [0, 0.1) is 5.92 Å². The van der Waals surface area contributed by atoms with Crippen molar-refractivity contribution in [3.05, 3.63) is 0 Å². The van der Waals surface area contributed by atoms with Gasteiger partial charge in [0.15, 0.2) is 0 Å². The largest absolute Gasteiger partial charge is 0.327 e. The lowest BCUT2D eigenvalue weighted by Crippen LogP contribution is -2.36. The zero-order chi connectivity index (χ0) is 12.3. The Bertz CT molecular complexity index is 281. The van der Waals surface area contributed by atoms with Gasteiger partial charge in [0.05, 0.1) is 12.7 Å². The van der Waals surface area contributed by atoms with E-state index in [2.05, 4.69) is 19.2 Å². The Balaban J connectivity index is 2.48. The molecule has 0 aromatic rings. The quantitative estimate of drug-likeness (QED) is 0.771. The van der Waals surface area contributed by atoms with E-state index in [1.54, 1.807) is 11.2 Å². The number of carbonyl (C=O) groups is 1. The number of carbonyl (C=O) groups excluding carboxylic acids is 1. The molecule has 0 bridgehead atoms. The van der Waals surface area contributed by atoms with E-state index in [9.17, 15) is 9.00 Å². The van der Waals surface area contributed by atoms with E-state index < -0.39 is 10.8 Å². The molecule has 94 valence electrons. The predicted molar refractivity (Wildman–Crippen MR) is 66.5 cm³/mol. The molecule has 5 heteroatoms. The second-order valence-corrected chi connectivity index (χ2v) is 6.72. The molecule has 3 unspecified atom stereocenters. The Morgan fingerprint density at radius 2 is 2.12 bits per heavy atom. The van der Waals surface area contributed by atoms with Crippen LogP contribution in [0.5, 0.6) is 0 Å². The van der Waals surface area contributed by atoms with E-state index in [1.807, 2.05) is 6.92 Å². The molecule has 1 saturated heterocycles. The summed E-state index contributed by atoms with van der Waals surface area (Å²) >= 11 is 0. The second-order valence-electron chi connectivity index (χ2n) is 4.91. The van der Waals surface area contributed by atoms with Gasteiger partial charge in [0.25, 0.3) is 0 Å². The SMILES string of the molecule is CC(C)CC1NCN(CC(C)S(C)=O)C1=O. The predicted octanol–water partition coefficient (Wildman–Crippen LogP) is 0.557. The highest BCUT2D eigenvalue weighted by Gasteiger charge is 2.32. The molecule has 0 saturated carbocycles. The van der Waals surface area contributed by atoms with E-state index >= 15 is 0 Å². The van der Waals surface area contributed by atoms with Crippen LogP contribution in [-0.4, -0.2) is 45.8 Å². The Hall–Kier alpha value is -0.420. The zero-order valence-corrected chi connectivity index (χ0v) is 11.3. The summed E-state index contributed by atoms with van der Waals surface area (Å²) in [6.45, 7) is 7.32. The van der Waals surface area contributed by atoms with Crippen LogP contribution in [0.15, 0.2) is 0 Å². The van der Waals surface area contributed by atoms with Crippen molar-refractivity contribution in [1.29, 1.82) is 0 Å². The van der Waals surface area contributed by atoms with Gasteiger partial charge < -0.3 is 4.90 Å². The fourth-order valence-corrected chi connectivity index (χ4v) is 2.22. The summed E-state index contributed by atoms with van der Waals surface area (Å²) in [4.78, 5) is 13.7. The Morgan fingerprint density at radius 1 is 1.50 bits per heavy atom. The molecule has 1 rings (SSSR count). The van der Waals surface area contributed by atoms with Gasteiger partial charge in [-0.15, -0.1) is 0 Å². The molecule has 0 aromatic carbocycles. The van der Waals surface area contributed by atoms with Crippen LogP contribution in [0.2, 0.25) is 0 Å². The minimum atomic E-state index is -0.865. The summed E-state index contributed by atoms with van der Waals surface area (Å²) in [6, 6.07) is -0.0440. The van der Waals surface area contributed by atoms with Gasteiger partial charge in [-0.25, -0.2) is 0 Å². The van der Waals surface area contributed by atoms with Crippen molar-refractivity contribution in [3.63, 3.8) is 0 Å². The smallest absolute Gasteiger partial charge is 0.240 e.